The molecule has 7 aromatic rings. The van der Waals surface area contributed by atoms with Gasteiger partial charge in [-0.05, 0) is 41.5 Å². The smallest absolute Gasteiger partial charge is 0.136 e. The van der Waals surface area contributed by atoms with E-state index in [2.05, 4.69) is 77.8 Å². The average molecular weight is 449 g/mol. The molecule has 164 valence electrons. The quantitative estimate of drug-likeness (QED) is 0.272. The summed E-state index contributed by atoms with van der Waals surface area (Å²) in [5, 5.41) is 3.21. The van der Waals surface area contributed by atoms with Crippen LogP contribution in [-0.2, 0) is 0 Å². The molecular formula is C32H20N2O. The zero-order valence-corrected chi connectivity index (χ0v) is 18.8. The highest BCUT2D eigenvalue weighted by Crippen LogP contribution is 2.38. The van der Waals surface area contributed by atoms with Crippen molar-refractivity contribution in [3.63, 3.8) is 0 Å². The van der Waals surface area contributed by atoms with Crippen LogP contribution in [-0.4, -0.2) is 9.97 Å². The van der Waals surface area contributed by atoms with Gasteiger partial charge in [-0.15, -0.1) is 0 Å². The molecule has 0 atom stereocenters. The molecule has 0 fully saturated rings. The second-order valence-electron chi connectivity index (χ2n) is 8.65. The monoisotopic (exact) mass is 448 g/mol. The van der Waals surface area contributed by atoms with E-state index < -0.39 is 0 Å². The maximum Gasteiger partial charge on any atom is 0.136 e. The normalized spacial score (nSPS) is 11.4. The van der Waals surface area contributed by atoms with Crippen molar-refractivity contribution in [2.24, 2.45) is 0 Å². The molecule has 0 amide bonds. The average Bonchev–Trinajstić information content (AvgIpc) is 3.32. The fourth-order valence-corrected chi connectivity index (χ4v) is 4.87. The molecule has 0 aliphatic heterocycles. The van der Waals surface area contributed by atoms with Crippen LogP contribution in [0.25, 0.3) is 66.5 Å². The number of pyridine rings is 2. The fourth-order valence-electron chi connectivity index (χ4n) is 4.87. The first-order chi connectivity index (χ1) is 17.3. The lowest BCUT2D eigenvalue weighted by atomic mass is 9.99. The third kappa shape index (κ3) is 3.29. The van der Waals surface area contributed by atoms with Crippen molar-refractivity contribution in [3.05, 3.63) is 121 Å². The van der Waals surface area contributed by atoms with Crippen molar-refractivity contribution < 1.29 is 4.42 Å². The van der Waals surface area contributed by atoms with Crippen molar-refractivity contribution in [2.45, 2.75) is 0 Å². The van der Waals surface area contributed by atoms with Crippen LogP contribution in [0.4, 0.5) is 0 Å². The van der Waals surface area contributed by atoms with Gasteiger partial charge in [0, 0.05) is 33.5 Å². The van der Waals surface area contributed by atoms with Gasteiger partial charge in [0.1, 0.15) is 11.2 Å². The Kier molecular flexibility index (Phi) is 4.46. The van der Waals surface area contributed by atoms with Crippen LogP contribution in [0, 0.1) is 0 Å². The maximum atomic E-state index is 6.13. The first kappa shape index (κ1) is 19.7. The zero-order chi connectivity index (χ0) is 23.2. The molecule has 0 N–H and O–H groups in total. The van der Waals surface area contributed by atoms with Crippen LogP contribution in [0.3, 0.4) is 0 Å². The second-order valence-corrected chi connectivity index (χ2v) is 8.65. The zero-order valence-electron chi connectivity index (χ0n) is 18.8. The van der Waals surface area contributed by atoms with Gasteiger partial charge in [-0.25, -0.2) is 4.98 Å². The lowest BCUT2D eigenvalue weighted by Crippen LogP contribution is -1.93. The van der Waals surface area contributed by atoms with E-state index in [0.717, 1.165) is 55.4 Å². The van der Waals surface area contributed by atoms with Crippen LogP contribution in [0.1, 0.15) is 0 Å². The first-order valence-electron chi connectivity index (χ1n) is 11.7. The molecule has 7 rings (SSSR count). The molecule has 0 aliphatic rings. The number of nitrogens with zero attached hydrogens (tertiary/aromatic N) is 2. The van der Waals surface area contributed by atoms with E-state index >= 15 is 0 Å². The number of furan rings is 1. The van der Waals surface area contributed by atoms with Crippen LogP contribution in [0.15, 0.2) is 126 Å². The standard InChI is InChI=1S/C32H20N2O/c1-2-8-21(9-3-1)22-15-17-23(18-16-22)32-25-12-7-19-33-27(25)20-28(34-32)24-11-6-14-30-31(24)26-10-4-5-13-29(26)35-30/h1-20H. The molecule has 3 heteroatoms. The number of aromatic nitrogens is 2. The minimum absolute atomic E-state index is 0.861. The van der Waals surface area contributed by atoms with E-state index in [-0.39, 0.29) is 0 Å². The Balaban J connectivity index is 1.45. The van der Waals surface area contributed by atoms with Gasteiger partial charge < -0.3 is 4.42 Å². The molecule has 3 aromatic heterocycles. The Bertz CT molecular complexity index is 1830. The summed E-state index contributed by atoms with van der Waals surface area (Å²) in [7, 11) is 0. The fraction of sp³-hybridized carbons (Fsp3) is 0. The summed E-state index contributed by atoms with van der Waals surface area (Å²) in [5.74, 6) is 0. The van der Waals surface area contributed by atoms with E-state index in [1.807, 2.05) is 48.7 Å². The molecule has 35 heavy (non-hydrogen) atoms. The van der Waals surface area contributed by atoms with Gasteiger partial charge in [-0.2, -0.15) is 0 Å². The van der Waals surface area contributed by atoms with E-state index in [4.69, 9.17) is 9.40 Å². The molecule has 3 nitrogen and oxygen atoms in total. The first-order valence-corrected chi connectivity index (χ1v) is 11.7. The van der Waals surface area contributed by atoms with E-state index in [1.165, 1.54) is 11.1 Å². The van der Waals surface area contributed by atoms with Crippen molar-refractivity contribution in [3.8, 4) is 33.6 Å². The van der Waals surface area contributed by atoms with Crippen molar-refractivity contribution >= 4 is 32.8 Å². The van der Waals surface area contributed by atoms with E-state index in [9.17, 15) is 0 Å². The van der Waals surface area contributed by atoms with Crippen LogP contribution in [0.2, 0.25) is 0 Å². The van der Waals surface area contributed by atoms with Crippen LogP contribution < -0.4 is 0 Å². The highest BCUT2D eigenvalue weighted by molar-refractivity contribution is 6.12. The Morgan fingerprint density at radius 2 is 1.26 bits per heavy atom. The minimum atomic E-state index is 0.861. The predicted octanol–water partition coefficient (Wildman–Crippen LogP) is 8.53. The highest BCUT2D eigenvalue weighted by atomic mass is 16.3. The molecule has 4 aromatic carbocycles. The largest absolute Gasteiger partial charge is 0.456 e. The molecule has 0 bridgehead atoms. The summed E-state index contributed by atoms with van der Waals surface area (Å²) in [6.07, 6.45) is 1.84. The summed E-state index contributed by atoms with van der Waals surface area (Å²) < 4.78 is 6.13. The van der Waals surface area contributed by atoms with Gasteiger partial charge in [0.2, 0.25) is 0 Å². The Morgan fingerprint density at radius 3 is 2.14 bits per heavy atom. The van der Waals surface area contributed by atoms with Crippen molar-refractivity contribution in [1.29, 1.82) is 0 Å². The summed E-state index contributed by atoms with van der Waals surface area (Å²) in [6.45, 7) is 0. The van der Waals surface area contributed by atoms with Gasteiger partial charge in [0.25, 0.3) is 0 Å². The van der Waals surface area contributed by atoms with Gasteiger partial charge in [-0.3, -0.25) is 4.98 Å². The molecule has 3 heterocycles. The number of para-hydroxylation sites is 1. The maximum absolute atomic E-state index is 6.13. The van der Waals surface area contributed by atoms with Gasteiger partial charge in [0.15, 0.2) is 0 Å². The van der Waals surface area contributed by atoms with Gasteiger partial charge >= 0.3 is 0 Å². The molecule has 0 saturated heterocycles. The number of benzene rings is 4. The highest BCUT2D eigenvalue weighted by Gasteiger charge is 2.16. The lowest BCUT2D eigenvalue weighted by molar-refractivity contribution is 0.669. The van der Waals surface area contributed by atoms with Crippen LogP contribution in [0.5, 0.6) is 0 Å². The van der Waals surface area contributed by atoms with Gasteiger partial charge in [0.05, 0.1) is 16.9 Å². The van der Waals surface area contributed by atoms with E-state index in [0.29, 0.717) is 0 Å². The van der Waals surface area contributed by atoms with Crippen molar-refractivity contribution in [2.75, 3.05) is 0 Å². The third-order valence-corrected chi connectivity index (χ3v) is 6.54. The number of hydrogen-bond donors (Lipinski definition) is 0. The molecule has 0 unspecified atom stereocenters. The number of hydrogen-bond acceptors (Lipinski definition) is 3. The minimum Gasteiger partial charge on any atom is -0.456 e. The molecule has 0 saturated carbocycles. The topological polar surface area (TPSA) is 38.9 Å². The number of fused-ring (bicyclic) bond motifs is 4. The Hall–Kier alpha value is -4.76. The summed E-state index contributed by atoms with van der Waals surface area (Å²) in [6, 6.07) is 39.5. The third-order valence-electron chi connectivity index (χ3n) is 6.54. The molecule has 0 aliphatic carbocycles. The Morgan fingerprint density at radius 1 is 0.543 bits per heavy atom. The Labute approximate surface area is 202 Å². The predicted molar refractivity (Wildman–Crippen MR) is 143 cm³/mol. The molecular weight excluding hydrogens is 428 g/mol. The second kappa shape index (κ2) is 7.93. The van der Waals surface area contributed by atoms with E-state index in [1.54, 1.807) is 0 Å². The summed E-state index contributed by atoms with van der Waals surface area (Å²) in [5.41, 5.74) is 8.96. The lowest BCUT2D eigenvalue weighted by Gasteiger charge is -2.11. The van der Waals surface area contributed by atoms with Crippen molar-refractivity contribution in [1.82, 2.24) is 9.97 Å². The SMILES string of the molecule is c1ccc(-c2ccc(-c3nc(-c4cccc5oc6ccccc6c45)cc4ncccc34)cc2)cc1. The van der Waals surface area contributed by atoms with Crippen LogP contribution >= 0.6 is 0 Å². The van der Waals surface area contributed by atoms with Gasteiger partial charge in [-0.1, -0.05) is 84.9 Å². The number of rotatable bonds is 3. The summed E-state index contributed by atoms with van der Waals surface area (Å²) in [4.78, 5) is 9.88. The molecule has 0 radical (unpaired) electrons. The summed E-state index contributed by atoms with van der Waals surface area (Å²) >= 11 is 0. The molecule has 0 spiro atoms.